The third-order valence-corrected chi connectivity index (χ3v) is 5.17. The summed E-state index contributed by atoms with van der Waals surface area (Å²) in [6, 6.07) is 8.11. The zero-order chi connectivity index (χ0) is 21.1. The van der Waals surface area contributed by atoms with Gasteiger partial charge in [0, 0.05) is 49.4 Å². The SMILES string of the molecule is Cc1cc([N+](=O)[O-])ccc1NC(=O)C1CCCN(c2cc(-n3cccn3)ncn2)C1. The molecule has 10 nitrogen and oxygen atoms in total. The van der Waals surface area contributed by atoms with Crippen LogP contribution in [0.2, 0.25) is 0 Å². The summed E-state index contributed by atoms with van der Waals surface area (Å²) in [6.07, 6.45) is 6.62. The summed E-state index contributed by atoms with van der Waals surface area (Å²) in [7, 11) is 0. The van der Waals surface area contributed by atoms with Gasteiger partial charge in [-0.2, -0.15) is 5.10 Å². The third kappa shape index (κ3) is 4.12. The predicted octanol–water partition coefficient (Wildman–Crippen LogP) is 2.73. The average molecular weight is 407 g/mol. The Balaban J connectivity index is 1.46. The largest absolute Gasteiger partial charge is 0.356 e. The van der Waals surface area contributed by atoms with Crippen molar-refractivity contribution in [2.24, 2.45) is 5.92 Å². The highest BCUT2D eigenvalue weighted by Gasteiger charge is 2.27. The van der Waals surface area contributed by atoms with Crippen LogP contribution in [0.5, 0.6) is 0 Å². The summed E-state index contributed by atoms with van der Waals surface area (Å²) in [5, 5.41) is 18.0. The van der Waals surface area contributed by atoms with Gasteiger partial charge < -0.3 is 10.2 Å². The second-order valence-corrected chi connectivity index (χ2v) is 7.22. The number of hydrogen-bond acceptors (Lipinski definition) is 7. The Hall–Kier alpha value is -3.82. The number of non-ortho nitro benzene ring substituents is 1. The molecule has 2 aromatic heterocycles. The van der Waals surface area contributed by atoms with E-state index in [-0.39, 0.29) is 17.5 Å². The fourth-order valence-electron chi connectivity index (χ4n) is 3.58. The van der Waals surface area contributed by atoms with Gasteiger partial charge in [0.05, 0.1) is 10.8 Å². The molecule has 3 aromatic rings. The van der Waals surface area contributed by atoms with Crippen LogP contribution in [0, 0.1) is 23.0 Å². The summed E-state index contributed by atoms with van der Waals surface area (Å²) >= 11 is 0. The molecule has 1 aliphatic heterocycles. The number of hydrogen-bond donors (Lipinski definition) is 1. The van der Waals surface area contributed by atoms with E-state index in [0.717, 1.165) is 25.2 Å². The van der Waals surface area contributed by atoms with Crippen LogP contribution in [0.25, 0.3) is 5.82 Å². The summed E-state index contributed by atoms with van der Waals surface area (Å²) < 4.78 is 1.66. The maximum absolute atomic E-state index is 12.9. The lowest BCUT2D eigenvalue weighted by Gasteiger charge is -2.33. The molecule has 30 heavy (non-hydrogen) atoms. The maximum Gasteiger partial charge on any atom is 0.269 e. The van der Waals surface area contributed by atoms with E-state index >= 15 is 0 Å². The Morgan fingerprint density at radius 2 is 2.10 bits per heavy atom. The lowest BCUT2D eigenvalue weighted by Crippen LogP contribution is -2.41. The van der Waals surface area contributed by atoms with Crippen LogP contribution in [0.3, 0.4) is 0 Å². The Bertz CT molecular complexity index is 1070. The van der Waals surface area contributed by atoms with E-state index in [9.17, 15) is 14.9 Å². The second-order valence-electron chi connectivity index (χ2n) is 7.22. The van der Waals surface area contributed by atoms with Crippen molar-refractivity contribution in [3.63, 3.8) is 0 Å². The summed E-state index contributed by atoms with van der Waals surface area (Å²) in [6.45, 7) is 3.08. The smallest absolute Gasteiger partial charge is 0.269 e. The molecule has 0 bridgehead atoms. The lowest BCUT2D eigenvalue weighted by molar-refractivity contribution is -0.384. The van der Waals surface area contributed by atoms with E-state index in [2.05, 4.69) is 25.3 Å². The molecule has 1 N–H and O–H groups in total. The molecule has 0 spiro atoms. The maximum atomic E-state index is 12.9. The molecular formula is C20H21N7O3. The van der Waals surface area contributed by atoms with Crippen molar-refractivity contribution in [1.82, 2.24) is 19.7 Å². The molecule has 4 rings (SSSR count). The molecule has 1 saturated heterocycles. The monoisotopic (exact) mass is 407 g/mol. The van der Waals surface area contributed by atoms with E-state index in [1.54, 1.807) is 23.9 Å². The Kier molecular flexibility index (Phi) is 5.38. The topological polar surface area (TPSA) is 119 Å². The Morgan fingerprint density at radius 1 is 1.27 bits per heavy atom. The molecular weight excluding hydrogens is 386 g/mol. The summed E-state index contributed by atoms with van der Waals surface area (Å²) in [4.78, 5) is 34.0. The van der Waals surface area contributed by atoms with Crippen LogP contribution in [-0.4, -0.2) is 43.7 Å². The number of nitrogens with zero attached hydrogens (tertiary/aromatic N) is 6. The minimum Gasteiger partial charge on any atom is -0.356 e. The van der Waals surface area contributed by atoms with Crippen LogP contribution >= 0.6 is 0 Å². The first-order valence-corrected chi connectivity index (χ1v) is 9.64. The fourth-order valence-corrected chi connectivity index (χ4v) is 3.58. The Labute approximate surface area is 172 Å². The minimum absolute atomic E-state index is 0.00564. The summed E-state index contributed by atoms with van der Waals surface area (Å²) in [5.74, 6) is 1.10. The molecule has 1 amide bonds. The van der Waals surface area contributed by atoms with E-state index < -0.39 is 4.92 Å². The zero-order valence-corrected chi connectivity index (χ0v) is 16.4. The lowest BCUT2D eigenvalue weighted by atomic mass is 9.97. The molecule has 1 fully saturated rings. The van der Waals surface area contributed by atoms with Gasteiger partial charge in [-0.15, -0.1) is 0 Å². The van der Waals surface area contributed by atoms with E-state index in [0.29, 0.717) is 23.6 Å². The molecule has 1 unspecified atom stereocenters. The number of nitro groups is 1. The number of amides is 1. The highest BCUT2D eigenvalue weighted by atomic mass is 16.6. The molecule has 1 aliphatic rings. The van der Waals surface area contributed by atoms with Gasteiger partial charge in [0.1, 0.15) is 12.1 Å². The third-order valence-electron chi connectivity index (χ3n) is 5.17. The van der Waals surface area contributed by atoms with Crippen LogP contribution < -0.4 is 10.2 Å². The van der Waals surface area contributed by atoms with Crippen molar-refractivity contribution >= 4 is 23.1 Å². The first-order valence-electron chi connectivity index (χ1n) is 9.64. The number of aryl methyl sites for hydroxylation is 1. The fraction of sp³-hybridized carbons (Fsp3) is 0.300. The van der Waals surface area contributed by atoms with Gasteiger partial charge in [0.15, 0.2) is 5.82 Å². The van der Waals surface area contributed by atoms with E-state index in [1.807, 2.05) is 18.3 Å². The molecule has 3 heterocycles. The van der Waals surface area contributed by atoms with Crippen molar-refractivity contribution in [2.45, 2.75) is 19.8 Å². The van der Waals surface area contributed by atoms with Crippen molar-refractivity contribution in [3.05, 3.63) is 64.7 Å². The average Bonchev–Trinajstić information content (AvgIpc) is 3.30. The molecule has 0 aliphatic carbocycles. The molecule has 1 aromatic carbocycles. The molecule has 1 atom stereocenters. The van der Waals surface area contributed by atoms with Gasteiger partial charge in [0.25, 0.3) is 5.69 Å². The van der Waals surface area contributed by atoms with Gasteiger partial charge in [0.2, 0.25) is 5.91 Å². The first-order chi connectivity index (χ1) is 14.5. The van der Waals surface area contributed by atoms with Crippen LogP contribution in [-0.2, 0) is 4.79 Å². The molecule has 154 valence electrons. The second kappa shape index (κ2) is 8.27. The number of nitro benzene ring substituents is 1. The number of aromatic nitrogens is 4. The normalized spacial score (nSPS) is 16.3. The Morgan fingerprint density at radius 3 is 2.83 bits per heavy atom. The first kappa shape index (κ1) is 19.5. The van der Waals surface area contributed by atoms with Crippen molar-refractivity contribution < 1.29 is 9.72 Å². The van der Waals surface area contributed by atoms with Gasteiger partial charge >= 0.3 is 0 Å². The van der Waals surface area contributed by atoms with Crippen molar-refractivity contribution in [1.29, 1.82) is 0 Å². The molecule has 0 saturated carbocycles. The number of carbonyl (C=O) groups is 1. The van der Waals surface area contributed by atoms with Gasteiger partial charge in [-0.05, 0) is 37.5 Å². The van der Waals surface area contributed by atoms with Crippen LogP contribution in [0.15, 0.2) is 49.1 Å². The molecule has 10 heteroatoms. The summed E-state index contributed by atoms with van der Waals surface area (Å²) in [5.41, 5.74) is 1.25. The number of benzene rings is 1. The number of piperidine rings is 1. The van der Waals surface area contributed by atoms with Gasteiger partial charge in [-0.1, -0.05) is 0 Å². The zero-order valence-electron chi connectivity index (χ0n) is 16.4. The minimum atomic E-state index is -0.448. The predicted molar refractivity (Wildman–Crippen MR) is 111 cm³/mol. The van der Waals surface area contributed by atoms with Crippen molar-refractivity contribution in [3.8, 4) is 5.82 Å². The van der Waals surface area contributed by atoms with E-state index in [1.165, 1.54) is 18.5 Å². The quantitative estimate of drug-likeness (QED) is 0.510. The number of anilines is 2. The molecule has 0 radical (unpaired) electrons. The van der Waals surface area contributed by atoms with Crippen LogP contribution in [0.4, 0.5) is 17.2 Å². The van der Waals surface area contributed by atoms with Gasteiger partial charge in [-0.3, -0.25) is 14.9 Å². The van der Waals surface area contributed by atoms with E-state index in [4.69, 9.17) is 0 Å². The number of carbonyl (C=O) groups excluding carboxylic acids is 1. The number of rotatable bonds is 5. The van der Waals surface area contributed by atoms with Gasteiger partial charge in [-0.25, -0.2) is 14.6 Å². The number of nitrogens with one attached hydrogen (secondary N) is 1. The van der Waals surface area contributed by atoms with Crippen molar-refractivity contribution in [2.75, 3.05) is 23.3 Å². The standard InChI is InChI=1S/C20H21N7O3/c1-14-10-16(27(29)30)5-6-17(14)24-20(28)15-4-2-8-25(12-15)18-11-19(22-13-21-18)26-9-3-7-23-26/h3,5-7,9-11,13,15H,2,4,8,12H2,1H3,(H,24,28). The van der Waals surface area contributed by atoms with Crippen LogP contribution in [0.1, 0.15) is 18.4 Å². The highest BCUT2D eigenvalue weighted by Crippen LogP contribution is 2.26. The highest BCUT2D eigenvalue weighted by molar-refractivity contribution is 5.93.